The number of hydrogen-bond donors (Lipinski definition) is 2. The van der Waals surface area contributed by atoms with Crippen molar-refractivity contribution < 1.29 is 19.7 Å². The molecule has 7 heteroatoms. The van der Waals surface area contributed by atoms with E-state index in [9.17, 15) is 9.90 Å². The maximum atomic E-state index is 12.4. The summed E-state index contributed by atoms with van der Waals surface area (Å²) in [7, 11) is 1.58. The second kappa shape index (κ2) is 6.72. The predicted molar refractivity (Wildman–Crippen MR) is 86.8 cm³/mol. The smallest absolute Gasteiger partial charge is 0.350 e. The van der Waals surface area contributed by atoms with Gasteiger partial charge >= 0.3 is 5.69 Å². The second-order valence-electron chi connectivity index (χ2n) is 5.81. The molecule has 1 aliphatic heterocycles. The van der Waals surface area contributed by atoms with Gasteiger partial charge < -0.3 is 19.7 Å². The fourth-order valence-corrected chi connectivity index (χ4v) is 2.89. The van der Waals surface area contributed by atoms with Crippen LogP contribution in [0.4, 0.5) is 0 Å². The molecule has 1 aromatic carbocycles. The fourth-order valence-electron chi connectivity index (χ4n) is 2.89. The number of aliphatic hydroxyl groups is 2. The van der Waals surface area contributed by atoms with E-state index >= 15 is 0 Å². The molecule has 1 fully saturated rings. The molecule has 3 atom stereocenters. The van der Waals surface area contributed by atoms with Gasteiger partial charge in [-0.2, -0.15) is 4.98 Å². The lowest BCUT2D eigenvalue weighted by atomic mass is 10.1. The molecule has 3 rings (SSSR count). The van der Waals surface area contributed by atoms with Crippen molar-refractivity contribution in [2.24, 2.45) is 0 Å². The quantitative estimate of drug-likeness (QED) is 0.863. The van der Waals surface area contributed by atoms with Crippen molar-refractivity contribution in [2.75, 3.05) is 13.7 Å². The predicted octanol–water partition coefficient (Wildman–Crippen LogP) is 0.868. The van der Waals surface area contributed by atoms with Gasteiger partial charge in [-0.3, -0.25) is 4.57 Å². The maximum Gasteiger partial charge on any atom is 0.350 e. The summed E-state index contributed by atoms with van der Waals surface area (Å²) in [5, 5.41) is 19.0. The highest BCUT2D eigenvalue weighted by molar-refractivity contribution is 5.63. The largest absolute Gasteiger partial charge is 0.497 e. The molecule has 1 aliphatic rings. The zero-order chi connectivity index (χ0) is 17.3. The van der Waals surface area contributed by atoms with Crippen molar-refractivity contribution in [1.29, 1.82) is 0 Å². The van der Waals surface area contributed by atoms with Crippen LogP contribution in [0.15, 0.2) is 35.3 Å². The number of benzene rings is 1. The lowest BCUT2D eigenvalue weighted by Crippen LogP contribution is -2.28. The average molecular weight is 332 g/mol. The SMILES string of the molecule is COc1cccc(-c2nc(=O)n([C@H]3C[C@H](O)[C@@H](CO)O3)cc2C)c1. The summed E-state index contributed by atoms with van der Waals surface area (Å²) < 4.78 is 12.1. The first-order valence-corrected chi connectivity index (χ1v) is 7.72. The summed E-state index contributed by atoms with van der Waals surface area (Å²) in [6.07, 6.45) is -0.202. The van der Waals surface area contributed by atoms with Crippen molar-refractivity contribution >= 4 is 0 Å². The summed E-state index contributed by atoms with van der Waals surface area (Å²) >= 11 is 0. The molecule has 1 saturated heterocycles. The molecule has 0 bridgehead atoms. The van der Waals surface area contributed by atoms with E-state index in [1.165, 1.54) is 4.57 Å². The number of aryl methyl sites for hydroxylation is 1. The molecule has 7 nitrogen and oxygen atoms in total. The van der Waals surface area contributed by atoms with E-state index in [2.05, 4.69) is 4.98 Å². The van der Waals surface area contributed by atoms with E-state index in [1.807, 2.05) is 31.2 Å². The number of ether oxygens (including phenoxy) is 2. The molecule has 2 aromatic rings. The van der Waals surface area contributed by atoms with Crippen LogP contribution in [0.2, 0.25) is 0 Å². The number of aromatic nitrogens is 2. The average Bonchev–Trinajstić information content (AvgIpc) is 2.97. The highest BCUT2D eigenvalue weighted by Crippen LogP contribution is 2.29. The van der Waals surface area contributed by atoms with Gasteiger partial charge in [-0.05, 0) is 24.6 Å². The van der Waals surface area contributed by atoms with Gasteiger partial charge in [-0.1, -0.05) is 12.1 Å². The molecule has 2 heterocycles. The van der Waals surface area contributed by atoms with Gasteiger partial charge in [0.05, 0.1) is 25.5 Å². The Hall–Kier alpha value is -2.22. The summed E-state index contributed by atoms with van der Waals surface area (Å²) in [5.74, 6) is 0.686. The molecule has 2 N–H and O–H groups in total. The van der Waals surface area contributed by atoms with Gasteiger partial charge in [0.15, 0.2) is 0 Å². The molecule has 0 saturated carbocycles. The Kier molecular flexibility index (Phi) is 4.66. The van der Waals surface area contributed by atoms with Crippen LogP contribution in [0.1, 0.15) is 18.2 Å². The van der Waals surface area contributed by atoms with Gasteiger partial charge in [0.1, 0.15) is 18.1 Å². The fraction of sp³-hybridized carbons (Fsp3) is 0.412. The first kappa shape index (κ1) is 16.6. The summed E-state index contributed by atoms with van der Waals surface area (Å²) in [6.45, 7) is 1.56. The second-order valence-corrected chi connectivity index (χ2v) is 5.81. The lowest BCUT2D eigenvalue weighted by Gasteiger charge is -2.16. The Balaban J connectivity index is 1.96. The first-order chi connectivity index (χ1) is 11.5. The summed E-state index contributed by atoms with van der Waals surface area (Å²) in [6, 6.07) is 7.34. The number of methoxy groups -OCH3 is 1. The number of nitrogens with zero attached hydrogens (tertiary/aromatic N) is 2. The minimum atomic E-state index is -0.801. The van der Waals surface area contributed by atoms with E-state index in [0.717, 1.165) is 11.1 Å². The van der Waals surface area contributed by atoms with Crippen LogP contribution in [0, 0.1) is 6.92 Å². The van der Waals surface area contributed by atoms with Crippen LogP contribution in [0.5, 0.6) is 5.75 Å². The van der Waals surface area contributed by atoms with E-state index in [1.54, 1.807) is 13.3 Å². The lowest BCUT2D eigenvalue weighted by molar-refractivity contribution is -0.0459. The topological polar surface area (TPSA) is 93.8 Å². The Morgan fingerprint density at radius 3 is 2.92 bits per heavy atom. The highest BCUT2D eigenvalue weighted by atomic mass is 16.5. The molecule has 0 amide bonds. The van der Waals surface area contributed by atoms with Crippen LogP contribution in [-0.2, 0) is 4.74 Å². The zero-order valence-corrected chi connectivity index (χ0v) is 13.5. The minimum absolute atomic E-state index is 0.241. The first-order valence-electron chi connectivity index (χ1n) is 7.72. The third-order valence-electron chi connectivity index (χ3n) is 4.17. The van der Waals surface area contributed by atoms with Crippen LogP contribution >= 0.6 is 0 Å². The monoisotopic (exact) mass is 332 g/mol. The Bertz CT molecular complexity index is 789. The zero-order valence-electron chi connectivity index (χ0n) is 13.5. The Morgan fingerprint density at radius 2 is 2.25 bits per heavy atom. The molecule has 128 valence electrons. The van der Waals surface area contributed by atoms with Crippen LogP contribution in [-0.4, -0.2) is 45.7 Å². The van der Waals surface area contributed by atoms with Gasteiger partial charge in [0.25, 0.3) is 0 Å². The molecule has 0 spiro atoms. The van der Waals surface area contributed by atoms with Crippen molar-refractivity contribution in [3.05, 3.63) is 46.5 Å². The van der Waals surface area contributed by atoms with E-state index in [0.29, 0.717) is 11.4 Å². The van der Waals surface area contributed by atoms with Crippen molar-refractivity contribution in [1.82, 2.24) is 9.55 Å². The minimum Gasteiger partial charge on any atom is -0.497 e. The van der Waals surface area contributed by atoms with E-state index in [-0.39, 0.29) is 13.0 Å². The van der Waals surface area contributed by atoms with E-state index in [4.69, 9.17) is 14.6 Å². The van der Waals surface area contributed by atoms with Crippen LogP contribution in [0.3, 0.4) is 0 Å². The van der Waals surface area contributed by atoms with Gasteiger partial charge in [0.2, 0.25) is 0 Å². The van der Waals surface area contributed by atoms with E-state index < -0.39 is 24.1 Å². The van der Waals surface area contributed by atoms with Crippen molar-refractivity contribution in [2.45, 2.75) is 31.8 Å². The molecule has 0 unspecified atom stereocenters. The third kappa shape index (κ3) is 3.06. The molecule has 0 radical (unpaired) electrons. The molecule has 1 aromatic heterocycles. The highest BCUT2D eigenvalue weighted by Gasteiger charge is 2.35. The summed E-state index contributed by atoms with van der Waals surface area (Å²) in [5.41, 5.74) is 1.70. The number of aliphatic hydroxyl groups excluding tert-OH is 2. The van der Waals surface area contributed by atoms with Crippen LogP contribution in [0.25, 0.3) is 11.3 Å². The summed E-state index contributed by atoms with van der Waals surface area (Å²) in [4.78, 5) is 16.6. The van der Waals surface area contributed by atoms with Crippen molar-refractivity contribution in [3.63, 3.8) is 0 Å². The van der Waals surface area contributed by atoms with Crippen molar-refractivity contribution in [3.8, 4) is 17.0 Å². The molecular formula is C17H20N2O5. The van der Waals surface area contributed by atoms with Gasteiger partial charge in [-0.15, -0.1) is 0 Å². The molecule has 0 aliphatic carbocycles. The Morgan fingerprint density at radius 1 is 1.46 bits per heavy atom. The third-order valence-corrected chi connectivity index (χ3v) is 4.17. The van der Waals surface area contributed by atoms with Crippen LogP contribution < -0.4 is 10.4 Å². The Labute approximate surface area is 139 Å². The molecule has 24 heavy (non-hydrogen) atoms. The van der Waals surface area contributed by atoms with Gasteiger partial charge in [-0.25, -0.2) is 4.79 Å². The number of rotatable bonds is 4. The van der Waals surface area contributed by atoms with Gasteiger partial charge in [0, 0.05) is 18.2 Å². The normalized spacial score (nSPS) is 23.4. The maximum absolute atomic E-state index is 12.4. The standard InChI is InChI=1S/C17H20N2O5/c1-10-8-19(15-7-13(21)14(9-20)24-15)17(22)18-16(10)11-4-3-5-12(6-11)23-2/h3-6,8,13-15,20-21H,7,9H2,1-2H3/t13-,14+,15+/m0/s1. The molecular weight excluding hydrogens is 312 g/mol. The number of hydrogen-bond acceptors (Lipinski definition) is 6.